The van der Waals surface area contributed by atoms with Gasteiger partial charge in [-0.2, -0.15) is 0 Å². The van der Waals surface area contributed by atoms with E-state index in [0.717, 1.165) is 6.29 Å². The number of non-ortho nitro benzene ring substituents is 1. The molecule has 0 radical (unpaired) electrons. The van der Waals surface area contributed by atoms with Gasteiger partial charge < -0.3 is 10.1 Å². The summed E-state index contributed by atoms with van der Waals surface area (Å²) in [6.07, 6.45) is 2.31. The SMILES string of the molecule is O=CC1CN=Cc2cc([N+](=O)[O-])ccc2N1. The van der Waals surface area contributed by atoms with Gasteiger partial charge in [0.1, 0.15) is 12.3 Å². The van der Waals surface area contributed by atoms with Crippen LogP contribution in [0.15, 0.2) is 23.2 Å². The number of fused-ring (bicyclic) bond motifs is 1. The van der Waals surface area contributed by atoms with Crippen LogP contribution in [0.1, 0.15) is 5.56 Å². The highest BCUT2D eigenvalue weighted by molar-refractivity contribution is 5.90. The van der Waals surface area contributed by atoms with Crippen molar-refractivity contribution < 1.29 is 9.72 Å². The van der Waals surface area contributed by atoms with E-state index in [1.165, 1.54) is 12.1 Å². The Morgan fingerprint density at radius 3 is 3.06 bits per heavy atom. The van der Waals surface area contributed by atoms with Gasteiger partial charge in [-0.3, -0.25) is 15.1 Å². The standard InChI is InChI=1S/C10H9N3O3/c14-6-8-5-11-4-7-3-9(13(15)16)1-2-10(7)12-8/h1-4,6,8,12H,5H2. The molecule has 1 aliphatic heterocycles. The Balaban J connectivity index is 2.40. The number of nitro benzene ring substituents is 1. The number of nitrogens with zero attached hydrogens (tertiary/aromatic N) is 2. The minimum absolute atomic E-state index is 0.0107. The summed E-state index contributed by atoms with van der Waals surface area (Å²) < 4.78 is 0. The Bertz CT molecular complexity index is 470. The molecule has 6 nitrogen and oxygen atoms in total. The van der Waals surface area contributed by atoms with Crippen molar-refractivity contribution >= 4 is 23.9 Å². The Hall–Kier alpha value is -2.24. The molecule has 0 aromatic heterocycles. The van der Waals surface area contributed by atoms with Crippen LogP contribution in [0.5, 0.6) is 0 Å². The molecule has 0 bridgehead atoms. The molecule has 0 amide bonds. The van der Waals surface area contributed by atoms with Crippen LogP contribution in [0.25, 0.3) is 0 Å². The van der Waals surface area contributed by atoms with E-state index in [-0.39, 0.29) is 11.7 Å². The molecule has 0 saturated carbocycles. The van der Waals surface area contributed by atoms with Crippen LogP contribution in [0.3, 0.4) is 0 Å². The average molecular weight is 219 g/mol. The van der Waals surface area contributed by atoms with E-state index in [4.69, 9.17) is 0 Å². The zero-order valence-corrected chi connectivity index (χ0v) is 8.29. The number of aliphatic imine (C=N–C) groups is 1. The van der Waals surface area contributed by atoms with Gasteiger partial charge in [0.25, 0.3) is 5.69 Å². The first-order valence-corrected chi connectivity index (χ1v) is 4.71. The van der Waals surface area contributed by atoms with E-state index in [2.05, 4.69) is 10.3 Å². The Labute approximate surface area is 91.1 Å². The lowest BCUT2D eigenvalue weighted by molar-refractivity contribution is -0.384. The number of nitrogens with one attached hydrogen (secondary N) is 1. The van der Waals surface area contributed by atoms with Gasteiger partial charge >= 0.3 is 0 Å². The molecule has 1 aromatic carbocycles. The van der Waals surface area contributed by atoms with Crippen LogP contribution >= 0.6 is 0 Å². The number of benzodiazepines with no additional fused rings is 1. The third kappa shape index (κ3) is 1.90. The summed E-state index contributed by atoms with van der Waals surface area (Å²) in [6.45, 7) is 0.339. The molecule has 1 heterocycles. The molecule has 1 aromatic rings. The number of hydrogen-bond acceptors (Lipinski definition) is 5. The normalized spacial score (nSPS) is 18.1. The first kappa shape index (κ1) is 10.3. The van der Waals surface area contributed by atoms with Crippen molar-refractivity contribution in [1.82, 2.24) is 0 Å². The quantitative estimate of drug-likeness (QED) is 0.457. The number of benzene rings is 1. The fourth-order valence-electron chi connectivity index (χ4n) is 1.49. The molecule has 1 N–H and O–H groups in total. The van der Waals surface area contributed by atoms with Crippen molar-refractivity contribution in [2.75, 3.05) is 11.9 Å². The summed E-state index contributed by atoms with van der Waals surface area (Å²) in [5.41, 5.74) is 1.32. The maximum Gasteiger partial charge on any atom is 0.270 e. The molecule has 0 saturated heterocycles. The summed E-state index contributed by atoms with van der Waals surface area (Å²) in [6, 6.07) is 4.03. The molecule has 1 aliphatic rings. The van der Waals surface area contributed by atoms with Gasteiger partial charge in [-0.25, -0.2) is 0 Å². The lowest BCUT2D eigenvalue weighted by Gasteiger charge is -2.10. The third-order valence-corrected chi connectivity index (χ3v) is 2.28. The van der Waals surface area contributed by atoms with Crippen molar-refractivity contribution in [3.05, 3.63) is 33.9 Å². The predicted molar refractivity (Wildman–Crippen MR) is 59.0 cm³/mol. The topological polar surface area (TPSA) is 84.6 Å². The number of carbonyl (C=O) groups excluding carboxylic acids is 1. The first-order chi connectivity index (χ1) is 7.70. The molecular weight excluding hydrogens is 210 g/mol. The molecule has 6 heteroatoms. The smallest absolute Gasteiger partial charge is 0.270 e. The average Bonchev–Trinajstić information content (AvgIpc) is 2.49. The van der Waals surface area contributed by atoms with Crippen LogP contribution in [0.2, 0.25) is 0 Å². The van der Waals surface area contributed by atoms with Crippen molar-refractivity contribution in [2.24, 2.45) is 4.99 Å². The summed E-state index contributed by atoms with van der Waals surface area (Å²) in [4.78, 5) is 24.8. The van der Waals surface area contributed by atoms with Crippen molar-refractivity contribution in [3.8, 4) is 0 Å². The number of carbonyl (C=O) groups is 1. The molecule has 16 heavy (non-hydrogen) atoms. The Kier molecular flexibility index (Phi) is 2.63. The Morgan fingerprint density at radius 2 is 2.38 bits per heavy atom. The second-order valence-corrected chi connectivity index (χ2v) is 3.41. The zero-order chi connectivity index (χ0) is 11.5. The van der Waals surface area contributed by atoms with E-state index in [9.17, 15) is 14.9 Å². The number of rotatable bonds is 2. The fraction of sp³-hybridized carbons (Fsp3) is 0.200. The molecular formula is C10H9N3O3. The van der Waals surface area contributed by atoms with Crippen LogP contribution in [0, 0.1) is 10.1 Å². The molecule has 2 rings (SSSR count). The maximum absolute atomic E-state index is 10.7. The number of hydrogen-bond donors (Lipinski definition) is 1. The third-order valence-electron chi connectivity index (χ3n) is 2.28. The van der Waals surface area contributed by atoms with Crippen LogP contribution in [0.4, 0.5) is 11.4 Å². The molecule has 0 spiro atoms. The predicted octanol–water partition coefficient (Wildman–Crippen LogP) is 1.01. The van der Waals surface area contributed by atoms with Gasteiger partial charge in [-0.1, -0.05) is 0 Å². The van der Waals surface area contributed by atoms with E-state index in [0.29, 0.717) is 17.8 Å². The lowest BCUT2D eigenvalue weighted by atomic mass is 10.1. The summed E-state index contributed by atoms with van der Waals surface area (Å²) >= 11 is 0. The molecule has 0 aliphatic carbocycles. The van der Waals surface area contributed by atoms with Crippen molar-refractivity contribution in [2.45, 2.75) is 6.04 Å². The van der Waals surface area contributed by atoms with E-state index in [1.54, 1.807) is 12.3 Å². The second kappa shape index (κ2) is 4.09. The zero-order valence-electron chi connectivity index (χ0n) is 8.29. The largest absolute Gasteiger partial charge is 0.373 e. The van der Waals surface area contributed by atoms with Crippen molar-refractivity contribution in [1.29, 1.82) is 0 Å². The van der Waals surface area contributed by atoms with Gasteiger partial charge in [-0.05, 0) is 6.07 Å². The molecule has 82 valence electrons. The maximum atomic E-state index is 10.7. The summed E-state index contributed by atoms with van der Waals surface area (Å²) in [5.74, 6) is 0. The van der Waals surface area contributed by atoms with Gasteiger partial charge in [-0.15, -0.1) is 0 Å². The fourth-order valence-corrected chi connectivity index (χ4v) is 1.49. The van der Waals surface area contributed by atoms with Gasteiger partial charge in [0.15, 0.2) is 0 Å². The highest BCUT2D eigenvalue weighted by Gasteiger charge is 2.15. The highest BCUT2D eigenvalue weighted by atomic mass is 16.6. The van der Waals surface area contributed by atoms with Crippen molar-refractivity contribution in [3.63, 3.8) is 0 Å². The number of anilines is 1. The van der Waals surface area contributed by atoms with Gasteiger partial charge in [0.2, 0.25) is 0 Å². The van der Waals surface area contributed by atoms with Gasteiger partial charge in [0.05, 0.1) is 11.5 Å². The molecule has 0 fully saturated rings. The van der Waals surface area contributed by atoms with Crippen LogP contribution < -0.4 is 5.32 Å². The summed E-state index contributed by atoms with van der Waals surface area (Å²) in [5, 5.41) is 13.5. The monoisotopic (exact) mass is 219 g/mol. The van der Waals surface area contributed by atoms with Gasteiger partial charge in [0, 0.05) is 29.6 Å². The minimum Gasteiger partial charge on any atom is -0.373 e. The minimum atomic E-state index is -0.462. The highest BCUT2D eigenvalue weighted by Crippen LogP contribution is 2.22. The second-order valence-electron chi connectivity index (χ2n) is 3.41. The molecule has 1 atom stereocenters. The summed E-state index contributed by atoms with van der Waals surface area (Å²) in [7, 11) is 0. The van der Waals surface area contributed by atoms with E-state index < -0.39 is 4.92 Å². The van der Waals surface area contributed by atoms with Crippen LogP contribution in [-0.2, 0) is 4.79 Å². The van der Waals surface area contributed by atoms with Crippen LogP contribution in [-0.4, -0.2) is 30.0 Å². The Morgan fingerprint density at radius 1 is 1.56 bits per heavy atom. The van der Waals surface area contributed by atoms with E-state index in [1.807, 2.05) is 0 Å². The first-order valence-electron chi connectivity index (χ1n) is 4.71. The van der Waals surface area contributed by atoms with E-state index >= 15 is 0 Å². The number of aldehydes is 1. The lowest BCUT2D eigenvalue weighted by Crippen LogP contribution is -2.23. The molecule has 1 unspecified atom stereocenters. The number of nitro groups is 1.